The van der Waals surface area contributed by atoms with Gasteiger partial charge >= 0.3 is 5.97 Å². The molecule has 0 N–H and O–H groups in total. The Morgan fingerprint density at radius 2 is 1.81 bits per heavy atom. The molecular formula is C37H30IN3O6S. The van der Waals surface area contributed by atoms with Gasteiger partial charge in [0.25, 0.3) is 5.56 Å². The number of nitrogens with zero attached hydrogens (tertiary/aromatic N) is 3. The summed E-state index contributed by atoms with van der Waals surface area (Å²) in [5.74, 6) is 0.880. The van der Waals surface area contributed by atoms with Crippen molar-refractivity contribution in [3.63, 3.8) is 0 Å². The summed E-state index contributed by atoms with van der Waals surface area (Å²) in [6.45, 7) is 3.77. The number of rotatable bonds is 9. The fourth-order valence-electron chi connectivity index (χ4n) is 5.85. The summed E-state index contributed by atoms with van der Waals surface area (Å²) in [7, 11) is 3.12. The molecular weight excluding hydrogens is 741 g/mol. The number of carbonyl (C=O) groups is 1. The molecule has 0 radical (unpaired) electrons. The zero-order valence-electron chi connectivity index (χ0n) is 26.6. The lowest BCUT2D eigenvalue weighted by molar-refractivity contribution is -0.139. The van der Waals surface area contributed by atoms with E-state index in [-0.39, 0.29) is 24.3 Å². The third-order valence-electron chi connectivity index (χ3n) is 8.01. The van der Waals surface area contributed by atoms with Crippen molar-refractivity contribution < 1.29 is 23.7 Å². The maximum Gasteiger partial charge on any atom is 0.338 e. The first-order valence-corrected chi connectivity index (χ1v) is 16.9. The zero-order chi connectivity index (χ0) is 33.9. The predicted octanol–water partition coefficient (Wildman–Crippen LogP) is 6.02. The van der Waals surface area contributed by atoms with Crippen LogP contribution in [-0.2, 0) is 16.1 Å². The lowest BCUT2D eigenvalue weighted by Crippen LogP contribution is -2.40. The van der Waals surface area contributed by atoms with Crippen molar-refractivity contribution in [1.29, 1.82) is 5.26 Å². The van der Waals surface area contributed by atoms with E-state index in [9.17, 15) is 14.9 Å². The molecule has 5 aromatic rings. The molecule has 1 aliphatic heterocycles. The molecule has 1 aromatic heterocycles. The summed E-state index contributed by atoms with van der Waals surface area (Å²) < 4.78 is 26.1. The van der Waals surface area contributed by atoms with Gasteiger partial charge in [0.2, 0.25) is 0 Å². The molecule has 11 heteroatoms. The standard InChI is InChI=1S/C37H30IN3O6S/c1-5-46-36(43)31-21(2)40-37-41(33(31)32-27-13-9-8-10-22(27)14-15-28(32)44-3)35(42)30(48-37)17-25-16-26(38)18-29(45-4)34(25)47-20-24-12-7-6-11-23(24)19-39/h6-18,33H,5,20H2,1-4H3/b30-17-/t33-/m0/s1. The molecule has 0 saturated carbocycles. The number of esters is 1. The number of halogens is 1. The molecule has 2 heterocycles. The lowest BCUT2D eigenvalue weighted by Gasteiger charge is -2.27. The van der Waals surface area contributed by atoms with Crippen molar-refractivity contribution >= 4 is 56.7 Å². The van der Waals surface area contributed by atoms with Crippen molar-refractivity contribution in [3.05, 3.63) is 130 Å². The van der Waals surface area contributed by atoms with Crippen LogP contribution < -0.4 is 29.1 Å². The minimum absolute atomic E-state index is 0.117. The van der Waals surface area contributed by atoms with Gasteiger partial charge in [-0.3, -0.25) is 9.36 Å². The van der Waals surface area contributed by atoms with E-state index in [1.165, 1.54) is 11.3 Å². The van der Waals surface area contributed by atoms with Crippen molar-refractivity contribution in [3.8, 4) is 23.3 Å². The van der Waals surface area contributed by atoms with Crippen LogP contribution in [-0.4, -0.2) is 31.4 Å². The summed E-state index contributed by atoms with van der Waals surface area (Å²) in [6, 6.07) is 23.9. The molecule has 0 bridgehead atoms. The predicted molar refractivity (Wildman–Crippen MR) is 192 cm³/mol. The minimum atomic E-state index is -0.868. The maximum atomic E-state index is 14.5. The number of ether oxygens (including phenoxy) is 4. The molecule has 0 spiro atoms. The van der Waals surface area contributed by atoms with Crippen LogP contribution in [0.15, 0.2) is 93.9 Å². The Bertz CT molecular complexity index is 2340. The van der Waals surface area contributed by atoms with Crippen LogP contribution in [0, 0.1) is 14.9 Å². The van der Waals surface area contributed by atoms with Crippen molar-refractivity contribution in [2.24, 2.45) is 4.99 Å². The Balaban J connectivity index is 1.58. The SMILES string of the molecule is CCOC(=O)C1=C(C)N=c2s/c(=C\c3cc(I)cc(OC)c3OCc3ccccc3C#N)c(=O)n2[C@@H]1c1c(OC)ccc2ccccc12. The van der Waals surface area contributed by atoms with Crippen LogP contribution in [0.25, 0.3) is 16.8 Å². The van der Waals surface area contributed by atoms with Gasteiger partial charge in [0.1, 0.15) is 18.4 Å². The number of fused-ring (bicyclic) bond motifs is 2. The molecule has 4 aromatic carbocycles. The molecule has 0 aliphatic carbocycles. The smallest absolute Gasteiger partial charge is 0.338 e. The Kier molecular flexibility index (Phi) is 9.66. The van der Waals surface area contributed by atoms with Gasteiger partial charge in [0, 0.05) is 20.3 Å². The minimum Gasteiger partial charge on any atom is -0.496 e. The van der Waals surface area contributed by atoms with E-state index in [1.54, 1.807) is 50.8 Å². The number of thiazole rings is 1. The zero-order valence-corrected chi connectivity index (χ0v) is 29.5. The first-order valence-electron chi connectivity index (χ1n) is 15.0. The van der Waals surface area contributed by atoms with E-state index >= 15 is 0 Å². The second kappa shape index (κ2) is 14.0. The average molecular weight is 772 g/mol. The van der Waals surface area contributed by atoms with Gasteiger partial charge in [0.15, 0.2) is 16.3 Å². The molecule has 1 atom stereocenters. The normalized spacial score (nSPS) is 14.2. The van der Waals surface area contributed by atoms with Gasteiger partial charge in [-0.2, -0.15) is 5.26 Å². The largest absolute Gasteiger partial charge is 0.496 e. The van der Waals surface area contributed by atoms with Crippen LogP contribution >= 0.6 is 33.9 Å². The van der Waals surface area contributed by atoms with Crippen molar-refractivity contribution in [1.82, 2.24) is 4.57 Å². The Morgan fingerprint density at radius 3 is 2.56 bits per heavy atom. The van der Waals surface area contributed by atoms with E-state index in [2.05, 4.69) is 28.7 Å². The van der Waals surface area contributed by atoms with Gasteiger partial charge < -0.3 is 18.9 Å². The van der Waals surface area contributed by atoms with E-state index in [0.717, 1.165) is 19.9 Å². The Morgan fingerprint density at radius 1 is 1.06 bits per heavy atom. The van der Waals surface area contributed by atoms with Crippen molar-refractivity contribution in [2.75, 3.05) is 20.8 Å². The van der Waals surface area contributed by atoms with E-state index in [4.69, 9.17) is 23.9 Å². The Labute approximate surface area is 294 Å². The fourth-order valence-corrected chi connectivity index (χ4v) is 7.50. The highest BCUT2D eigenvalue weighted by atomic mass is 127. The topological polar surface area (TPSA) is 112 Å². The summed E-state index contributed by atoms with van der Waals surface area (Å²) in [6.07, 6.45) is 1.75. The van der Waals surface area contributed by atoms with Crippen LogP contribution in [0.1, 0.15) is 42.1 Å². The molecule has 0 amide bonds. The van der Waals surface area contributed by atoms with Crippen molar-refractivity contribution in [2.45, 2.75) is 26.5 Å². The average Bonchev–Trinajstić information content (AvgIpc) is 3.40. The number of aromatic nitrogens is 1. The number of benzene rings is 4. The van der Waals surface area contributed by atoms with Gasteiger partial charge in [-0.25, -0.2) is 9.79 Å². The van der Waals surface area contributed by atoms with Gasteiger partial charge in [-0.1, -0.05) is 59.9 Å². The highest BCUT2D eigenvalue weighted by Crippen LogP contribution is 2.40. The Hall–Kier alpha value is -4.93. The second-order valence-corrected chi connectivity index (χ2v) is 13.0. The molecule has 9 nitrogen and oxygen atoms in total. The molecule has 1 aliphatic rings. The highest BCUT2D eigenvalue weighted by molar-refractivity contribution is 14.1. The first kappa shape index (κ1) is 33.0. The second-order valence-electron chi connectivity index (χ2n) is 10.8. The van der Waals surface area contributed by atoms with E-state index in [0.29, 0.717) is 49.0 Å². The van der Waals surface area contributed by atoms with Crippen LogP contribution in [0.2, 0.25) is 0 Å². The number of methoxy groups -OCH3 is 2. The number of allylic oxidation sites excluding steroid dienone is 1. The monoisotopic (exact) mass is 771 g/mol. The number of carbonyl (C=O) groups excluding carboxylic acids is 1. The van der Waals surface area contributed by atoms with Crippen LogP contribution in [0.3, 0.4) is 0 Å². The van der Waals surface area contributed by atoms with Crippen LogP contribution in [0.5, 0.6) is 17.2 Å². The summed E-state index contributed by atoms with van der Waals surface area (Å²) in [5.41, 5.74) is 2.88. The maximum absolute atomic E-state index is 14.5. The fraction of sp³-hybridized carbons (Fsp3) is 0.189. The molecule has 48 heavy (non-hydrogen) atoms. The third-order valence-corrected chi connectivity index (χ3v) is 9.61. The van der Waals surface area contributed by atoms with E-state index < -0.39 is 12.0 Å². The number of nitriles is 1. The molecule has 0 unspecified atom stereocenters. The van der Waals surface area contributed by atoms with Crippen LogP contribution in [0.4, 0.5) is 0 Å². The number of hydrogen-bond donors (Lipinski definition) is 0. The highest BCUT2D eigenvalue weighted by Gasteiger charge is 2.36. The van der Waals surface area contributed by atoms with Gasteiger partial charge in [-0.05, 0) is 77.6 Å². The van der Waals surface area contributed by atoms with Gasteiger partial charge in [0.05, 0.1) is 48.3 Å². The molecule has 0 saturated heterocycles. The summed E-state index contributed by atoms with van der Waals surface area (Å²) in [5, 5.41) is 11.4. The first-order chi connectivity index (χ1) is 23.3. The lowest BCUT2D eigenvalue weighted by atomic mass is 9.90. The molecule has 6 rings (SSSR count). The summed E-state index contributed by atoms with van der Waals surface area (Å²) >= 11 is 3.40. The van der Waals surface area contributed by atoms with E-state index in [1.807, 2.05) is 60.7 Å². The number of hydrogen-bond acceptors (Lipinski definition) is 9. The third kappa shape index (κ3) is 6.09. The molecule has 242 valence electrons. The quantitative estimate of drug-likeness (QED) is 0.133. The summed E-state index contributed by atoms with van der Waals surface area (Å²) in [4.78, 5) is 33.3. The molecule has 0 fully saturated rings. The van der Waals surface area contributed by atoms with Gasteiger partial charge in [-0.15, -0.1) is 0 Å².